The van der Waals surface area contributed by atoms with Gasteiger partial charge in [0.2, 0.25) is 5.92 Å². The molecule has 0 aliphatic heterocycles. The van der Waals surface area contributed by atoms with Gasteiger partial charge in [0.15, 0.2) is 5.78 Å². The molecular formula is C14H13F5O. The topological polar surface area (TPSA) is 17.1 Å². The van der Waals surface area contributed by atoms with Crippen molar-refractivity contribution in [2.75, 3.05) is 0 Å². The minimum Gasteiger partial charge on any atom is -0.294 e. The van der Waals surface area contributed by atoms with Crippen LogP contribution in [0.5, 0.6) is 0 Å². The molecular weight excluding hydrogens is 279 g/mol. The first-order valence-corrected chi connectivity index (χ1v) is 6.28. The van der Waals surface area contributed by atoms with E-state index in [1.54, 1.807) is 0 Å². The minimum absolute atomic E-state index is 0.0160. The van der Waals surface area contributed by atoms with E-state index < -0.39 is 29.4 Å². The van der Waals surface area contributed by atoms with Gasteiger partial charge in [0, 0.05) is 24.3 Å². The zero-order chi connectivity index (χ0) is 15.0. The molecule has 1 aromatic carbocycles. The Labute approximate surface area is 112 Å². The van der Waals surface area contributed by atoms with Crippen LogP contribution in [0.3, 0.4) is 0 Å². The monoisotopic (exact) mass is 292 g/mol. The van der Waals surface area contributed by atoms with Crippen LogP contribution < -0.4 is 0 Å². The third-order valence-electron chi connectivity index (χ3n) is 3.56. The first kappa shape index (κ1) is 14.9. The van der Waals surface area contributed by atoms with Crippen LogP contribution in [0.4, 0.5) is 22.0 Å². The fraction of sp³-hybridized carbons (Fsp3) is 0.500. The molecule has 0 radical (unpaired) electrons. The highest BCUT2D eigenvalue weighted by atomic mass is 19.4. The molecule has 0 aromatic heterocycles. The summed E-state index contributed by atoms with van der Waals surface area (Å²) in [5.74, 6) is -3.85. The van der Waals surface area contributed by atoms with Crippen molar-refractivity contribution in [3.8, 4) is 0 Å². The smallest absolute Gasteiger partial charge is 0.294 e. The van der Waals surface area contributed by atoms with E-state index in [-0.39, 0.29) is 31.2 Å². The molecule has 0 heterocycles. The maximum atomic E-state index is 13.0. The molecule has 6 heteroatoms. The fourth-order valence-electron chi connectivity index (χ4n) is 2.39. The van der Waals surface area contributed by atoms with Crippen LogP contribution in [0.2, 0.25) is 0 Å². The Morgan fingerprint density at radius 3 is 2.30 bits per heavy atom. The number of Topliss-reactive ketones (excluding diaryl/α,β-unsaturated/α-hetero) is 1. The van der Waals surface area contributed by atoms with E-state index in [0.717, 1.165) is 18.2 Å². The maximum Gasteiger partial charge on any atom is 0.416 e. The second kappa shape index (κ2) is 5.14. The Kier molecular flexibility index (Phi) is 3.84. The highest BCUT2D eigenvalue weighted by Gasteiger charge is 2.38. The molecule has 1 aliphatic carbocycles. The van der Waals surface area contributed by atoms with Crippen molar-refractivity contribution in [1.29, 1.82) is 0 Å². The first-order chi connectivity index (χ1) is 9.19. The molecule has 110 valence electrons. The van der Waals surface area contributed by atoms with E-state index in [2.05, 4.69) is 0 Å². The lowest BCUT2D eigenvalue weighted by molar-refractivity contribution is -0.137. The Morgan fingerprint density at radius 1 is 1.15 bits per heavy atom. The number of hydrogen-bond acceptors (Lipinski definition) is 1. The van der Waals surface area contributed by atoms with Crippen molar-refractivity contribution in [2.45, 2.75) is 37.8 Å². The number of benzene rings is 1. The van der Waals surface area contributed by atoms with Crippen molar-refractivity contribution in [3.63, 3.8) is 0 Å². The van der Waals surface area contributed by atoms with E-state index in [1.807, 2.05) is 0 Å². The average molecular weight is 292 g/mol. The van der Waals surface area contributed by atoms with Gasteiger partial charge in [0.05, 0.1) is 5.56 Å². The second-order valence-corrected chi connectivity index (χ2v) is 5.07. The van der Waals surface area contributed by atoms with Crippen LogP contribution in [0.15, 0.2) is 24.3 Å². The van der Waals surface area contributed by atoms with Gasteiger partial charge >= 0.3 is 6.18 Å². The summed E-state index contributed by atoms with van der Waals surface area (Å²) in [6.45, 7) is 0. The van der Waals surface area contributed by atoms with Crippen LogP contribution in [-0.2, 0) is 6.18 Å². The summed E-state index contributed by atoms with van der Waals surface area (Å²) in [5, 5.41) is 0. The van der Waals surface area contributed by atoms with Crippen LogP contribution >= 0.6 is 0 Å². The Morgan fingerprint density at radius 2 is 1.75 bits per heavy atom. The number of halogens is 5. The number of carbonyl (C=O) groups is 1. The molecule has 1 fully saturated rings. The van der Waals surface area contributed by atoms with Crippen molar-refractivity contribution >= 4 is 5.78 Å². The standard InChI is InChI=1S/C14H13F5O/c15-13(16)6-4-9(5-7-13)12(20)10-2-1-3-11(8-10)14(17,18)19/h1-3,8-9H,4-7H2. The van der Waals surface area contributed by atoms with Crippen molar-refractivity contribution in [2.24, 2.45) is 5.92 Å². The highest BCUT2D eigenvalue weighted by Crippen LogP contribution is 2.38. The molecule has 0 bridgehead atoms. The van der Waals surface area contributed by atoms with Crippen LogP contribution in [0, 0.1) is 5.92 Å². The molecule has 0 spiro atoms. The molecule has 0 saturated heterocycles. The van der Waals surface area contributed by atoms with Gasteiger partial charge in [-0.25, -0.2) is 8.78 Å². The summed E-state index contributed by atoms with van der Waals surface area (Å²) in [4.78, 5) is 12.1. The summed E-state index contributed by atoms with van der Waals surface area (Å²) < 4.78 is 63.7. The highest BCUT2D eigenvalue weighted by molar-refractivity contribution is 5.98. The Balaban J connectivity index is 2.14. The third kappa shape index (κ3) is 3.35. The van der Waals surface area contributed by atoms with Crippen LogP contribution in [-0.4, -0.2) is 11.7 Å². The molecule has 0 N–H and O–H groups in total. The van der Waals surface area contributed by atoms with Crippen molar-refractivity contribution in [3.05, 3.63) is 35.4 Å². The third-order valence-corrected chi connectivity index (χ3v) is 3.56. The van der Waals surface area contributed by atoms with E-state index in [4.69, 9.17) is 0 Å². The van der Waals surface area contributed by atoms with Crippen molar-refractivity contribution in [1.82, 2.24) is 0 Å². The van der Waals surface area contributed by atoms with Gasteiger partial charge < -0.3 is 0 Å². The van der Waals surface area contributed by atoms with Crippen LogP contribution in [0.1, 0.15) is 41.6 Å². The van der Waals surface area contributed by atoms with Gasteiger partial charge in [0.1, 0.15) is 0 Å². The van der Waals surface area contributed by atoms with Gasteiger partial charge in [0.25, 0.3) is 0 Å². The molecule has 2 rings (SSSR count). The lowest BCUT2D eigenvalue weighted by atomic mass is 9.82. The normalized spacial score (nSPS) is 19.9. The van der Waals surface area contributed by atoms with Gasteiger partial charge in [-0.1, -0.05) is 12.1 Å². The zero-order valence-corrected chi connectivity index (χ0v) is 10.5. The average Bonchev–Trinajstić information content (AvgIpc) is 2.37. The summed E-state index contributed by atoms with van der Waals surface area (Å²) >= 11 is 0. The number of ketones is 1. The van der Waals surface area contributed by atoms with E-state index in [9.17, 15) is 26.7 Å². The lowest BCUT2D eigenvalue weighted by Gasteiger charge is -2.27. The molecule has 0 unspecified atom stereocenters. The largest absolute Gasteiger partial charge is 0.416 e. The van der Waals surface area contributed by atoms with Gasteiger partial charge in [-0.05, 0) is 25.0 Å². The van der Waals surface area contributed by atoms with Crippen molar-refractivity contribution < 1.29 is 26.7 Å². The Hall–Kier alpha value is -1.46. The SMILES string of the molecule is O=C(c1cccc(C(F)(F)F)c1)C1CCC(F)(F)CC1. The quantitative estimate of drug-likeness (QED) is 0.569. The summed E-state index contributed by atoms with van der Waals surface area (Å²) in [6, 6.07) is 4.12. The number of hydrogen-bond donors (Lipinski definition) is 0. The van der Waals surface area contributed by atoms with Gasteiger partial charge in [-0.3, -0.25) is 4.79 Å². The molecule has 0 amide bonds. The van der Waals surface area contributed by atoms with Gasteiger partial charge in [-0.15, -0.1) is 0 Å². The maximum absolute atomic E-state index is 13.0. The second-order valence-electron chi connectivity index (χ2n) is 5.07. The molecule has 1 aromatic rings. The first-order valence-electron chi connectivity index (χ1n) is 6.28. The molecule has 1 saturated carbocycles. The molecule has 1 nitrogen and oxygen atoms in total. The van der Waals surface area contributed by atoms with Gasteiger partial charge in [-0.2, -0.15) is 13.2 Å². The Bertz CT molecular complexity index is 497. The number of rotatable bonds is 2. The zero-order valence-electron chi connectivity index (χ0n) is 10.5. The predicted octanol–water partition coefficient (Wildman–Crippen LogP) is 4.71. The lowest BCUT2D eigenvalue weighted by Crippen LogP contribution is -2.28. The summed E-state index contributed by atoms with van der Waals surface area (Å²) in [6.07, 6.45) is -5.26. The van der Waals surface area contributed by atoms with Crippen LogP contribution in [0.25, 0.3) is 0 Å². The molecule has 1 aliphatic rings. The predicted molar refractivity (Wildman–Crippen MR) is 62.7 cm³/mol. The number of alkyl halides is 5. The molecule has 20 heavy (non-hydrogen) atoms. The fourth-order valence-corrected chi connectivity index (χ4v) is 2.39. The van der Waals surface area contributed by atoms with E-state index >= 15 is 0 Å². The summed E-state index contributed by atoms with van der Waals surface area (Å²) in [7, 11) is 0. The van der Waals surface area contributed by atoms with E-state index in [1.165, 1.54) is 6.07 Å². The minimum atomic E-state index is -4.52. The molecule has 0 atom stereocenters. The summed E-state index contributed by atoms with van der Waals surface area (Å²) in [5.41, 5.74) is -0.959. The number of carbonyl (C=O) groups excluding carboxylic acids is 1. The van der Waals surface area contributed by atoms with E-state index in [0.29, 0.717) is 0 Å².